The van der Waals surface area contributed by atoms with E-state index >= 15 is 0 Å². The fourth-order valence-corrected chi connectivity index (χ4v) is 1.26. The van der Waals surface area contributed by atoms with Gasteiger partial charge in [-0.1, -0.05) is 0 Å². The van der Waals surface area contributed by atoms with E-state index in [0.717, 1.165) is 5.01 Å². The highest BCUT2D eigenvalue weighted by atomic mass is 16.4. The van der Waals surface area contributed by atoms with E-state index in [1.807, 2.05) is 0 Å². The summed E-state index contributed by atoms with van der Waals surface area (Å²) in [6, 6.07) is -1.37. The quantitative estimate of drug-likeness (QED) is 0.535. The minimum Gasteiger partial charge on any atom is -0.480 e. The highest BCUT2D eigenvalue weighted by Gasteiger charge is 2.25. The Labute approximate surface area is 96.9 Å². The molecular formula is C9H13N3O5. The molecule has 0 bridgehead atoms. The van der Waals surface area contributed by atoms with Crippen LogP contribution in [0.25, 0.3) is 0 Å². The molecule has 1 aliphatic heterocycles. The summed E-state index contributed by atoms with van der Waals surface area (Å²) in [6.07, 6.45) is 0.312. The Morgan fingerprint density at radius 1 is 1.53 bits per heavy atom. The standard InChI is InChI=1S/C9H13N3O5/c1-12-7(14)3-2-5(11-12)8(15)10-6(4-13)9(16)17/h6,13H,2-4H2,1H3,(H,10,15)(H,16,17)/t6-/m0/s1. The summed E-state index contributed by atoms with van der Waals surface area (Å²) in [7, 11) is 1.41. The Kier molecular flexibility index (Phi) is 4.16. The predicted molar refractivity (Wildman–Crippen MR) is 56.1 cm³/mol. The molecule has 0 radical (unpaired) electrons. The summed E-state index contributed by atoms with van der Waals surface area (Å²) < 4.78 is 0. The summed E-state index contributed by atoms with van der Waals surface area (Å²) in [4.78, 5) is 33.3. The zero-order valence-corrected chi connectivity index (χ0v) is 9.21. The van der Waals surface area contributed by atoms with Crippen molar-refractivity contribution in [3.63, 3.8) is 0 Å². The molecule has 0 unspecified atom stereocenters. The van der Waals surface area contributed by atoms with Crippen molar-refractivity contribution in [1.29, 1.82) is 0 Å². The second-order valence-corrected chi connectivity index (χ2v) is 3.51. The third-order valence-corrected chi connectivity index (χ3v) is 2.26. The monoisotopic (exact) mass is 243 g/mol. The molecule has 0 aliphatic carbocycles. The molecule has 8 heteroatoms. The number of carboxylic acid groups (broad SMARTS) is 1. The number of aliphatic hydroxyl groups excluding tert-OH is 1. The molecule has 17 heavy (non-hydrogen) atoms. The molecule has 3 N–H and O–H groups in total. The lowest BCUT2D eigenvalue weighted by molar-refractivity contribution is -0.142. The molecule has 1 atom stereocenters. The number of hydrazone groups is 1. The minimum atomic E-state index is -1.37. The molecule has 0 fully saturated rings. The molecule has 8 nitrogen and oxygen atoms in total. The van der Waals surface area contributed by atoms with E-state index in [-0.39, 0.29) is 24.5 Å². The molecule has 2 amide bonds. The molecule has 94 valence electrons. The van der Waals surface area contributed by atoms with Gasteiger partial charge in [-0.2, -0.15) is 5.10 Å². The van der Waals surface area contributed by atoms with Gasteiger partial charge in [0.05, 0.1) is 6.61 Å². The van der Waals surface area contributed by atoms with Crippen LogP contribution < -0.4 is 5.32 Å². The molecule has 1 heterocycles. The molecule has 0 spiro atoms. The lowest BCUT2D eigenvalue weighted by Crippen LogP contribution is -2.47. The first-order valence-electron chi connectivity index (χ1n) is 4.94. The lowest BCUT2D eigenvalue weighted by atomic mass is 10.1. The van der Waals surface area contributed by atoms with Gasteiger partial charge in [-0.05, 0) is 0 Å². The maximum atomic E-state index is 11.6. The summed E-state index contributed by atoms with van der Waals surface area (Å²) in [6.45, 7) is -0.705. The smallest absolute Gasteiger partial charge is 0.328 e. The highest BCUT2D eigenvalue weighted by Crippen LogP contribution is 2.07. The van der Waals surface area contributed by atoms with E-state index in [1.165, 1.54) is 7.05 Å². The van der Waals surface area contributed by atoms with Gasteiger partial charge in [0, 0.05) is 19.9 Å². The number of hydrogen-bond donors (Lipinski definition) is 3. The number of carbonyl (C=O) groups is 3. The Morgan fingerprint density at radius 2 is 2.18 bits per heavy atom. The van der Waals surface area contributed by atoms with Crippen LogP contribution in [-0.2, 0) is 14.4 Å². The van der Waals surface area contributed by atoms with Gasteiger partial charge in [-0.15, -0.1) is 0 Å². The SMILES string of the molecule is CN1N=C(C(=O)N[C@@H](CO)C(=O)O)CCC1=O. The van der Waals surface area contributed by atoms with Crippen molar-refractivity contribution in [2.24, 2.45) is 5.10 Å². The molecule has 0 aromatic carbocycles. The van der Waals surface area contributed by atoms with E-state index in [2.05, 4.69) is 10.4 Å². The Balaban J connectivity index is 2.68. The molecule has 0 saturated heterocycles. The first kappa shape index (κ1) is 13.1. The zero-order chi connectivity index (χ0) is 13.0. The maximum Gasteiger partial charge on any atom is 0.328 e. The Morgan fingerprint density at radius 3 is 2.65 bits per heavy atom. The number of aliphatic carboxylic acids is 1. The number of carbonyl (C=O) groups excluding carboxylic acids is 2. The van der Waals surface area contributed by atoms with E-state index in [9.17, 15) is 14.4 Å². The first-order chi connectivity index (χ1) is 7.95. The predicted octanol–water partition coefficient (Wildman–Crippen LogP) is -1.84. The topological polar surface area (TPSA) is 119 Å². The van der Waals surface area contributed by atoms with E-state index in [1.54, 1.807) is 0 Å². The molecule has 1 aliphatic rings. The molecule has 0 aromatic heterocycles. The summed E-state index contributed by atoms with van der Waals surface area (Å²) >= 11 is 0. The number of nitrogens with one attached hydrogen (secondary N) is 1. The third kappa shape index (κ3) is 3.25. The summed E-state index contributed by atoms with van der Waals surface area (Å²) in [5.74, 6) is -2.23. The first-order valence-corrected chi connectivity index (χ1v) is 4.94. The average molecular weight is 243 g/mol. The van der Waals surface area contributed by atoms with Crippen molar-refractivity contribution in [1.82, 2.24) is 10.3 Å². The maximum absolute atomic E-state index is 11.6. The molecule has 0 aromatic rings. The third-order valence-electron chi connectivity index (χ3n) is 2.26. The van der Waals surface area contributed by atoms with Crippen molar-refractivity contribution >= 4 is 23.5 Å². The fourth-order valence-electron chi connectivity index (χ4n) is 1.26. The van der Waals surface area contributed by atoms with Crippen LogP contribution in [0.15, 0.2) is 5.10 Å². The van der Waals surface area contributed by atoms with Gasteiger partial charge in [0.2, 0.25) is 5.91 Å². The van der Waals surface area contributed by atoms with Crippen molar-refractivity contribution < 1.29 is 24.6 Å². The second-order valence-electron chi connectivity index (χ2n) is 3.51. The van der Waals surface area contributed by atoms with Crippen LogP contribution in [0.1, 0.15) is 12.8 Å². The van der Waals surface area contributed by atoms with Crippen molar-refractivity contribution in [2.45, 2.75) is 18.9 Å². The van der Waals surface area contributed by atoms with E-state index in [4.69, 9.17) is 10.2 Å². The fraction of sp³-hybridized carbons (Fsp3) is 0.556. The van der Waals surface area contributed by atoms with Gasteiger partial charge in [0.1, 0.15) is 5.71 Å². The van der Waals surface area contributed by atoms with Crippen molar-refractivity contribution in [3.8, 4) is 0 Å². The van der Waals surface area contributed by atoms with Crippen molar-refractivity contribution in [3.05, 3.63) is 0 Å². The van der Waals surface area contributed by atoms with E-state index < -0.39 is 24.5 Å². The van der Waals surface area contributed by atoms with Crippen LogP contribution in [0.5, 0.6) is 0 Å². The number of nitrogens with zero attached hydrogens (tertiary/aromatic N) is 2. The van der Waals surface area contributed by atoms with Crippen molar-refractivity contribution in [2.75, 3.05) is 13.7 Å². The van der Waals surface area contributed by atoms with Crippen LogP contribution in [0, 0.1) is 0 Å². The summed E-state index contributed by atoms with van der Waals surface area (Å²) in [5, 5.41) is 24.2. The van der Waals surface area contributed by atoms with Crippen LogP contribution in [0.3, 0.4) is 0 Å². The zero-order valence-electron chi connectivity index (χ0n) is 9.21. The molecular weight excluding hydrogens is 230 g/mol. The normalized spacial score (nSPS) is 17.4. The minimum absolute atomic E-state index is 0.0757. The second kappa shape index (κ2) is 5.39. The number of hydrogen-bond acceptors (Lipinski definition) is 5. The number of carboxylic acids is 1. The van der Waals surface area contributed by atoms with Crippen LogP contribution in [0.2, 0.25) is 0 Å². The van der Waals surface area contributed by atoms with Gasteiger partial charge < -0.3 is 15.5 Å². The van der Waals surface area contributed by atoms with Gasteiger partial charge in [0.25, 0.3) is 5.91 Å². The summed E-state index contributed by atoms with van der Waals surface area (Å²) in [5.41, 5.74) is 0.0757. The van der Waals surface area contributed by atoms with Gasteiger partial charge in [-0.3, -0.25) is 9.59 Å². The van der Waals surface area contributed by atoms with Crippen LogP contribution in [0.4, 0.5) is 0 Å². The van der Waals surface area contributed by atoms with Crippen LogP contribution >= 0.6 is 0 Å². The van der Waals surface area contributed by atoms with Gasteiger partial charge in [0.15, 0.2) is 6.04 Å². The van der Waals surface area contributed by atoms with Crippen LogP contribution in [-0.4, -0.2) is 58.4 Å². The number of aliphatic hydroxyl groups is 1. The highest BCUT2D eigenvalue weighted by molar-refractivity contribution is 6.39. The number of amides is 2. The van der Waals surface area contributed by atoms with E-state index in [0.29, 0.717) is 0 Å². The number of rotatable bonds is 4. The largest absolute Gasteiger partial charge is 0.480 e. The average Bonchev–Trinajstić information content (AvgIpc) is 2.28. The van der Waals surface area contributed by atoms with Gasteiger partial charge in [-0.25, -0.2) is 9.80 Å². The molecule has 1 rings (SSSR count). The lowest BCUT2D eigenvalue weighted by Gasteiger charge is -2.20. The Hall–Kier alpha value is -1.96. The Bertz CT molecular complexity index is 379. The molecule has 0 saturated carbocycles. The van der Waals surface area contributed by atoms with Gasteiger partial charge >= 0.3 is 5.97 Å².